The number of ether oxygens (including phenoxy) is 2. The van der Waals surface area contributed by atoms with E-state index in [1.165, 1.54) is 57.8 Å². The summed E-state index contributed by atoms with van der Waals surface area (Å²) in [5, 5.41) is 0. The molecule has 0 N–H and O–H groups in total. The van der Waals surface area contributed by atoms with Gasteiger partial charge in [0.05, 0.1) is 24.3 Å². The molecule has 0 radical (unpaired) electrons. The molecule has 1 rings (SSSR count). The molecular formula is C27H44O4. The molecule has 0 aliphatic carbocycles. The Morgan fingerprint density at radius 2 is 1.23 bits per heavy atom. The second-order valence-electron chi connectivity index (χ2n) is 8.69. The van der Waals surface area contributed by atoms with E-state index >= 15 is 0 Å². The number of rotatable bonds is 18. The summed E-state index contributed by atoms with van der Waals surface area (Å²) in [6.45, 7) is 7.35. The molecule has 0 amide bonds. The molecule has 31 heavy (non-hydrogen) atoms. The molecule has 4 heteroatoms. The number of carbonyl (C=O) groups excluding carboxylic acids is 2. The first-order valence-electron chi connectivity index (χ1n) is 12.5. The summed E-state index contributed by atoms with van der Waals surface area (Å²) in [5.74, 6) is -0.227. The highest BCUT2D eigenvalue weighted by Gasteiger charge is 2.13. The molecule has 1 aromatic rings. The molecule has 0 heterocycles. The number of unbranched alkanes of at least 4 members (excludes halogenated alkanes) is 10. The Kier molecular flexibility index (Phi) is 15.6. The fraction of sp³-hybridized carbons (Fsp3) is 0.704. The fourth-order valence-electron chi connectivity index (χ4n) is 3.43. The Balaban J connectivity index is 2.16. The normalized spacial score (nSPS) is 11.8. The van der Waals surface area contributed by atoms with Gasteiger partial charge in [-0.15, -0.1) is 0 Å². The Morgan fingerprint density at radius 3 is 1.74 bits per heavy atom. The van der Waals surface area contributed by atoms with Crippen LogP contribution in [0.5, 0.6) is 0 Å². The molecule has 0 bridgehead atoms. The Bertz CT molecular complexity index is 611. The van der Waals surface area contributed by atoms with Crippen molar-refractivity contribution in [3.63, 3.8) is 0 Å². The first-order chi connectivity index (χ1) is 15.1. The van der Waals surface area contributed by atoms with Crippen LogP contribution < -0.4 is 0 Å². The van der Waals surface area contributed by atoms with E-state index < -0.39 is 0 Å². The van der Waals surface area contributed by atoms with Crippen LogP contribution in [0.2, 0.25) is 0 Å². The SMILES string of the molecule is CCCCCCCCCCCCCOC(=O)c1cccc(C(=O)OCCC(C)CC)c1. The van der Waals surface area contributed by atoms with Gasteiger partial charge in [-0.25, -0.2) is 9.59 Å². The van der Waals surface area contributed by atoms with Gasteiger partial charge in [-0.1, -0.05) is 97.5 Å². The van der Waals surface area contributed by atoms with Crippen LogP contribution >= 0.6 is 0 Å². The zero-order valence-electron chi connectivity index (χ0n) is 20.1. The third-order valence-electron chi connectivity index (χ3n) is 5.86. The maximum Gasteiger partial charge on any atom is 0.338 e. The molecule has 0 aliphatic heterocycles. The molecule has 1 unspecified atom stereocenters. The third kappa shape index (κ3) is 13.2. The van der Waals surface area contributed by atoms with E-state index in [9.17, 15) is 9.59 Å². The van der Waals surface area contributed by atoms with Gasteiger partial charge in [0.15, 0.2) is 0 Å². The average Bonchev–Trinajstić information content (AvgIpc) is 2.79. The molecule has 0 aromatic heterocycles. The van der Waals surface area contributed by atoms with Gasteiger partial charge < -0.3 is 9.47 Å². The summed E-state index contributed by atoms with van der Waals surface area (Å²) in [6, 6.07) is 6.61. The standard InChI is InChI=1S/C27H44O4/c1-4-6-7-8-9-10-11-12-13-14-15-20-30-26(28)24-17-16-18-25(22-24)27(29)31-21-19-23(3)5-2/h16-18,22-23H,4-15,19-21H2,1-3H3. The number of hydrogen-bond donors (Lipinski definition) is 0. The molecule has 1 aromatic carbocycles. The van der Waals surface area contributed by atoms with Crippen LogP contribution in [0.4, 0.5) is 0 Å². The summed E-state index contributed by atoms with van der Waals surface area (Å²) >= 11 is 0. The summed E-state index contributed by atoms with van der Waals surface area (Å²) in [7, 11) is 0. The number of carbonyl (C=O) groups is 2. The van der Waals surface area contributed by atoms with Crippen LogP contribution in [0.3, 0.4) is 0 Å². The zero-order valence-corrected chi connectivity index (χ0v) is 20.1. The third-order valence-corrected chi connectivity index (χ3v) is 5.86. The predicted molar refractivity (Wildman–Crippen MR) is 128 cm³/mol. The summed E-state index contributed by atoms with van der Waals surface area (Å²) in [6.07, 6.45) is 15.8. The summed E-state index contributed by atoms with van der Waals surface area (Å²) in [5.41, 5.74) is 0.799. The highest BCUT2D eigenvalue weighted by Crippen LogP contribution is 2.13. The Hall–Kier alpha value is -1.84. The van der Waals surface area contributed by atoms with Crippen LogP contribution in [-0.4, -0.2) is 25.2 Å². The van der Waals surface area contributed by atoms with E-state index in [2.05, 4.69) is 20.8 Å². The minimum absolute atomic E-state index is 0.374. The van der Waals surface area contributed by atoms with E-state index in [1.807, 2.05) is 0 Å². The van der Waals surface area contributed by atoms with E-state index in [0.717, 1.165) is 25.7 Å². The van der Waals surface area contributed by atoms with Crippen molar-refractivity contribution >= 4 is 11.9 Å². The van der Waals surface area contributed by atoms with Gasteiger partial charge >= 0.3 is 11.9 Å². The first-order valence-corrected chi connectivity index (χ1v) is 12.5. The topological polar surface area (TPSA) is 52.6 Å². The van der Waals surface area contributed by atoms with Crippen LogP contribution in [0, 0.1) is 5.92 Å². The van der Waals surface area contributed by atoms with Crippen molar-refractivity contribution in [1.29, 1.82) is 0 Å². The van der Waals surface area contributed by atoms with Gasteiger partial charge in [-0.2, -0.15) is 0 Å². The Morgan fingerprint density at radius 1 is 0.742 bits per heavy atom. The fourth-order valence-corrected chi connectivity index (χ4v) is 3.43. The highest BCUT2D eigenvalue weighted by atomic mass is 16.5. The van der Waals surface area contributed by atoms with Gasteiger partial charge in [0.1, 0.15) is 0 Å². The molecule has 1 atom stereocenters. The van der Waals surface area contributed by atoms with Crippen molar-refractivity contribution in [2.75, 3.05) is 13.2 Å². The molecule has 4 nitrogen and oxygen atoms in total. The highest BCUT2D eigenvalue weighted by molar-refractivity contribution is 5.95. The molecular weight excluding hydrogens is 388 g/mol. The van der Waals surface area contributed by atoms with Crippen molar-refractivity contribution in [1.82, 2.24) is 0 Å². The van der Waals surface area contributed by atoms with Crippen molar-refractivity contribution in [2.24, 2.45) is 5.92 Å². The molecule has 0 aliphatic rings. The molecule has 0 saturated heterocycles. The lowest BCUT2D eigenvalue weighted by atomic mass is 10.1. The van der Waals surface area contributed by atoms with Gasteiger partial charge in [-0.05, 0) is 37.0 Å². The number of benzene rings is 1. The van der Waals surface area contributed by atoms with Gasteiger partial charge in [0.25, 0.3) is 0 Å². The largest absolute Gasteiger partial charge is 0.462 e. The Labute approximate surface area is 190 Å². The second-order valence-corrected chi connectivity index (χ2v) is 8.69. The molecule has 0 fully saturated rings. The van der Waals surface area contributed by atoms with E-state index in [1.54, 1.807) is 24.3 Å². The van der Waals surface area contributed by atoms with Gasteiger partial charge in [-0.3, -0.25) is 0 Å². The lowest BCUT2D eigenvalue weighted by Crippen LogP contribution is -2.11. The molecule has 0 spiro atoms. The van der Waals surface area contributed by atoms with E-state index in [0.29, 0.717) is 30.3 Å². The molecule has 176 valence electrons. The smallest absolute Gasteiger partial charge is 0.338 e. The van der Waals surface area contributed by atoms with E-state index in [-0.39, 0.29) is 11.9 Å². The van der Waals surface area contributed by atoms with Crippen molar-refractivity contribution in [3.8, 4) is 0 Å². The minimum atomic E-state index is -0.386. The monoisotopic (exact) mass is 432 g/mol. The maximum atomic E-state index is 12.3. The van der Waals surface area contributed by atoms with Crippen molar-refractivity contribution in [3.05, 3.63) is 35.4 Å². The van der Waals surface area contributed by atoms with Crippen LogP contribution in [0.15, 0.2) is 24.3 Å². The predicted octanol–water partition coefficient (Wildman–Crippen LogP) is 7.75. The summed E-state index contributed by atoms with van der Waals surface area (Å²) in [4.78, 5) is 24.5. The second kappa shape index (κ2) is 17.8. The number of hydrogen-bond acceptors (Lipinski definition) is 4. The van der Waals surface area contributed by atoms with Gasteiger partial charge in [0.2, 0.25) is 0 Å². The van der Waals surface area contributed by atoms with Crippen LogP contribution in [0.25, 0.3) is 0 Å². The first kappa shape index (κ1) is 27.2. The quantitative estimate of drug-likeness (QED) is 0.176. The maximum absolute atomic E-state index is 12.3. The lowest BCUT2D eigenvalue weighted by Gasteiger charge is -2.10. The summed E-state index contributed by atoms with van der Waals surface area (Å²) < 4.78 is 10.7. The number of esters is 2. The van der Waals surface area contributed by atoms with Crippen LogP contribution in [0.1, 0.15) is 125 Å². The van der Waals surface area contributed by atoms with E-state index in [4.69, 9.17) is 9.47 Å². The lowest BCUT2D eigenvalue weighted by molar-refractivity contribution is 0.0484. The van der Waals surface area contributed by atoms with Crippen molar-refractivity contribution in [2.45, 2.75) is 104 Å². The molecule has 0 saturated carbocycles. The van der Waals surface area contributed by atoms with Gasteiger partial charge in [0, 0.05) is 0 Å². The van der Waals surface area contributed by atoms with Crippen molar-refractivity contribution < 1.29 is 19.1 Å². The zero-order chi connectivity index (χ0) is 22.7. The minimum Gasteiger partial charge on any atom is -0.462 e. The van der Waals surface area contributed by atoms with Crippen LogP contribution in [-0.2, 0) is 9.47 Å². The average molecular weight is 433 g/mol.